The predicted molar refractivity (Wildman–Crippen MR) is 218 cm³/mol. The number of hydrogen-bond donors (Lipinski definition) is 1. The van der Waals surface area contributed by atoms with Crippen molar-refractivity contribution in [3.05, 3.63) is 185 Å². The summed E-state index contributed by atoms with van der Waals surface area (Å²) < 4.78 is 18.6. The first-order valence-electron chi connectivity index (χ1n) is 18.2. The van der Waals surface area contributed by atoms with Gasteiger partial charge in [0.05, 0.1) is 14.2 Å². The van der Waals surface area contributed by atoms with E-state index in [-0.39, 0.29) is 11.3 Å². The molecule has 54 heavy (non-hydrogen) atoms. The minimum atomic E-state index is -0.955. The molecule has 2 aliphatic rings. The summed E-state index contributed by atoms with van der Waals surface area (Å²) in [6, 6.07) is 49.0. The summed E-state index contributed by atoms with van der Waals surface area (Å²) in [4.78, 5) is 13.4. The molecule has 1 heterocycles. The van der Waals surface area contributed by atoms with E-state index < -0.39 is 5.60 Å². The van der Waals surface area contributed by atoms with E-state index in [2.05, 4.69) is 110 Å². The molecule has 7 aromatic carbocycles. The minimum Gasteiger partial charge on any atom is -0.497 e. The monoisotopic (exact) mass is 705 g/mol. The first-order valence-corrected chi connectivity index (χ1v) is 18.2. The van der Waals surface area contributed by atoms with Crippen molar-refractivity contribution in [2.45, 2.75) is 24.9 Å². The lowest BCUT2D eigenvalue weighted by Crippen LogP contribution is -2.35. The number of amides is 1. The van der Waals surface area contributed by atoms with Crippen LogP contribution in [0.1, 0.15) is 52.0 Å². The molecule has 0 radical (unpaired) electrons. The third kappa shape index (κ3) is 5.27. The van der Waals surface area contributed by atoms with Crippen LogP contribution in [0, 0.1) is 0 Å². The van der Waals surface area contributed by atoms with Gasteiger partial charge in [0.2, 0.25) is 0 Å². The van der Waals surface area contributed by atoms with Crippen molar-refractivity contribution >= 4 is 28.4 Å². The maximum absolute atomic E-state index is 13.4. The minimum absolute atomic E-state index is 0.157. The molecule has 5 heteroatoms. The van der Waals surface area contributed by atoms with E-state index in [4.69, 9.17) is 14.2 Å². The number of benzene rings is 7. The van der Waals surface area contributed by atoms with Gasteiger partial charge in [-0.25, -0.2) is 0 Å². The number of ether oxygens (including phenoxy) is 3. The molecule has 0 saturated carbocycles. The molecular formula is C49H39NO4. The largest absolute Gasteiger partial charge is 0.497 e. The molecule has 0 unspecified atom stereocenters. The average Bonchev–Trinajstić information content (AvgIpc) is 3.47. The van der Waals surface area contributed by atoms with Crippen molar-refractivity contribution in [3.63, 3.8) is 0 Å². The highest BCUT2D eigenvalue weighted by atomic mass is 16.5. The van der Waals surface area contributed by atoms with Crippen LogP contribution in [0.15, 0.2) is 152 Å². The smallest absolute Gasteiger partial charge is 0.255 e. The zero-order valence-electron chi connectivity index (χ0n) is 30.6. The zero-order chi connectivity index (χ0) is 37.0. The van der Waals surface area contributed by atoms with Gasteiger partial charge < -0.3 is 19.5 Å². The van der Waals surface area contributed by atoms with Crippen LogP contribution >= 0.6 is 0 Å². The molecule has 0 saturated heterocycles. The Morgan fingerprint density at radius 1 is 0.648 bits per heavy atom. The van der Waals surface area contributed by atoms with E-state index in [1.807, 2.05) is 66.7 Å². The molecule has 264 valence electrons. The Labute approximate surface area is 315 Å². The lowest BCUT2D eigenvalue weighted by molar-refractivity contribution is 0.102. The first-order chi connectivity index (χ1) is 26.3. The fourth-order valence-corrected chi connectivity index (χ4v) is 8.32. The summed E-state index contributed by atoms with van der Waals surface area (Å²) in [5.41, 5.74) is 10.1. The molecule has 5 nitrogen and oxygen atoms in total. The third-order valence-electron chi connectivity index (χ3n) is 11.1. The second-order valence-electron chi connectivity index (χ2n) is 14.5. The van der Waals surface area contributed by atoms with E-state index >= 15 is 0 Å². The van der Waals surface area contributed by atoms with Crippen molar-refractivity contribution < 1.29 is 19.0 Å². The fourth-order valence-electron chi connectivity index (χ4n) is 8.32. The predicted octanol–water partition coefficient (Wildman–Crippen LogP) is 11.4. The SMILES string of the molecule is COc1ccc(C2(c3ccc(OC)cc3)C=Cc3c4c(c5cc(NC(=O)c6ccccc6)ccc5c3O2)-c2ccc(-c3ccccc3)cc2C4(C)C)cc1. The van der Waals surface area contributed by atoms with Crippen molar-refractivity contribution in [3.8, 4) is 39.5 Å². The lowest BCUT2D eigenvalue weighted by atomic mass is 9.76. The van der Waals surface area contributed by atoms with Crippen LogP contribution in [-0.4, -0.2) is 20.1 Å². The van der Waals surface area contributed by atoms with Gasteiger partial charge in [0.1, 0.15) is 17.2 Å². The molecule has 1 amide bonds. The van der Waals surface area contributed by atoms with Gasteiger partial charge in [-0.1, -0.05) is 105 Å². The van der Waals surface area contributed by atoms with Crippen LogP contribution in [0.2, 0.25) is 0 Å². The van der Waals surface area contributed by atoms with Crippen LogP contribution < -0.4 is 19.5 Å². The highest BCUT2D eigenvalue weighted by Gasteiger charge is 2.44. The Morgan fingerprint density at radius 3 is 1.91 bits per heavy atom. The van der Waals surface area contributed by atoms with Crippen molar-refractivity contribution in [1.82, 2.24) is 0 Å². The number of carbonyl (C=O) groups is 1. The molecule has 1 aliphatic heterocycles. The lowest BCUT2D eigenvalue weighted by Gasteiger charge is -2.38. The topological polar surface area (TPSA) is 56.8 Å². The van der Waals surface area contributed by atoms with Crippen LogP contribution in [0.3, 0.4) is 0 Å². The zero-order valence-corrected chi connectivity index (χ0v) is 30.6. The van der Waals surface area contributed by atoms with Gasteiger partial charge >= 0.3 is 0 Å². The summed E-state index contributed by atoms with van der Waals surface area (Å²) in [5, 5.41) is 5.15. The van der Waals surface area contributed by atoms with Crippen LogP contribution in [0.25, 0.3) is 39.1 Å². The summed E-state index contributed by atoms with van der Waals surface area (Å²) in [6.07, 6.45) is 4.44. The molecule has 9 rings (SSSR count). The second kappa shape index (κ2) is 12.8. The average molecular weight is 706 g/mol. The molecule has 1 aliphatic carbocycles. The summed E-state index contributed by atoms with van der Waals surface area (Å²) >= 11 is 0. The summed E-state index contributed by atoms with van der Waals surface area (Å²) in [5.74, 6) is 2.18. The number of nitrogens with one attached hydrogen (secondary N) is 1. The number of hydrogen-bond acceptors (Lipinski definition) is 4. The van der Waals surface area contributed by atoms with Crippen molar-refractivity contribution in [1.29, 1.82) is 0 Å². The Hall–Kier alpha value is -6.59. The van der Waals surface area contributed by atoms with E-state index in [0.29, 0.717) is 11.3 Å². The molecule has 0 bridgehead atoms. The maximum Gasteiger partial charge on any atom is 0.255 e. The standard InChI is InChI=1S/C49H39NO4/c1-48(2)43-29-33(31-11-7-5-8-12-31)15-25-40(43)44-42-30-36(50-47(51)32-13-9-6-10-14-32)20-26-39(42)46-41(45(44)48)27-28-49(54-46,34-16-21-37(52-3)22-17-34)35-18-23-38(53-4)24-19-35/h5-30H,1-4H3,(H,50,51). The molecule has 1 N–H and O–H groups in total. The Bertz CT molecular complexity index is 2540. The molecule has 7 aromatic rings. The van der Waals surface area contributed by atoms with Gasteiger partial charge in [-0.2, -0.15) is 0 Å². The third-order valence-corrected chi connectivity index (χ3v) is 11.1. The molecule has 0 atom stereocenters. The van der Waals surface area contributed by atoms with Crippen molar-refractivity contribution in [2.75, 3.05) is 19.5 Å². The normalized spacial score (nSPS) is 14.4. The fraction of sp³-hybridized carbons (Fsp3) is 0.122. The number of methoxy groups -OCH3 is 2. The van der Waals surface area contributed by atoms with Crippen molar-refractivity contribution in [2.24, 2.45) is 0 Å². The Balaban J connectivity index is 1.28. The van der Waals surface area contributed by atoms with Gasteiger partial charge in [0, 0.05) is 38.7 Å². The first kappa shape index (κ1) is 33.3. The Kier molecular flexibility index (Phi) is 7.89. The van der Waals surface area contributed by atoms with E-state index in [1.165, 1.54) is 27.8 Å². The number of carbonyl (C=O) groups excluding carboxylic acids is 1. The van der Waals surface area contributed by atoms with E-state index in [0.717, 1.165) is 50.3 Å². The molecule has 0 fully saturated rings. The van der Waals surface area contributed by atoms with Crippen LogP contribution in [0.4, 0.5) is 5.69 Å². The summed E-state index contributed by atoms with van der Waals surface area (Å²) in [7, 11) is 3.35. The number of fused-ring (bicyclic) bond motifs is 8. The number of rotatable bonds is 7. The van der Waals surface area contributed by atoms with Gasteiger partial charge in [-0.3, -0.25) is 4.79 Å². The Morgan fingerprint density at radius 2 is 1.28 bits per heavy atom. The maximum atomic E-state index is 13.4. The van der Waals surface area contributed by atoms with E-state index in [9.17, 15) is 4.79 Å². The van der Waals surface area contributed by atoms with E-state index in [1.54, 1.807) is 14.2 Å². The van der Waals surface area contributed by atoms with Crippen LogP contribution in [0.5, 0.6) is 17.2 Å². The van der Waals surface area contributed by atoms with Gasteiger partial charge in [-0.15, -0.1) is 0 Å². The molecule has 0 aromatic heterocycles. The quantitative estimate of drug-likeness (QED) is 0.179. The van der Waals surface area contributed by atoms with Gasteiger partial charge in [-0.05, 0) is 106 Å². The second-order valence-corrected chi connectivity index (χ2v) is 14.5. The van der Waals surface area contributed by atoms with Crippen LogP contribution in [-0.2, 0) is 11.0 Å². The highest BCUT2D eigenvalue weighted by molar-refractivity contribution is 6.11. The summed E-state index contributed by atoms with van der Waals surface area (Å²) in [6.45, 7) is 4.62. The molecular weight excluding hydrogens is 667 g/mol. The van der Waals surface area contributed by atoms with Gasteiger partial charge in [0.25, 0.3) is 5.91 Å². The number of anilines is 1. The highest BCUT2D eigenvalue weighted by Crippen LogP contribution is 2.59. The molecule has 0 spiro atoms. The van der Waals surface area contributed by atoms with Gasteiger partial charge in [0.15, 0.2) is 5.60 Å².